The molecule has 0 aliphatic carbocycles. The Bertz CT molecular complexity index is 658. The molecular formula is C13H16ClNO3S. The first-order valence-electron chi connectivity index (χ1n) is 5.90. The molecule has 1 aromatic heterocycles. The highest BCUT2D eigenvalue weighted by molar-refractivity contribution is 7.92. The summed E-state index contributed by atoms with van der Waals surface area (Å²) in [6.07, 6.45) is 1.46. The van der Waals surface area contributed by atoms with Crippen LogP contribution in [0.25, 0.3) is 11.1 Å². The van der Waals surface area contributed by atoms with E-state index in [-0.39, 0.29) is 6.42 Å². The smallest absolute Gasteiger partial charge is 0.197 e. The second-order valence-electron chi connectivity index (χ2n) is 5.12. The summed E-state index contributed by atoms with van der Waals surface area (Å²) in [7, 11) is -3.25. The second kappa shape index (κ2) is 4.80. The molecule has 1 heterocycles. The number of sulfone groups is 1. The summed E-state index contributed by atoms with van der Waals surface area (Å²) >= 11 is 6.24. The van der Waals surface area contributed by atoms with Crippen molar-refractivity contribution in [3.8, 4) is 0 Å². The topological polar surface area (TPSA) is 60.2 Å². The molecule has 1 unspecified atom stereocenters. The fourth-order valence-electron chi connectivity index (χ4n) is 1.64. The van der Waals surface area contributed by atoms with Gasteiger partial charge in [-0.3, -0.25) is 0 Å². The minimum Gasteiger partial charge on any atom is -0.441 e. The SMILES string of the molecule is CC(C)(C(Cl)Cc1nc2ccccc2o1)S(C)(=O)=O. The lowest BCUT2D eigenvalue weighted by molar-refractivity contribution is 0.485. The first kappa shape index (κ1) is 14.3. The van der Waals surface area contributed by atoms with E-state index >= 15 is 0 Å². The molecule has 0 bridgehead atoms. The highest BCUT2D eigenvalue weighted by Gasteiger charge is 2.38. The van der Waals surface area contributed by atoms with Gasteiger partial charge in [0.15, 0.2) is 21.3 Å². The van der Waals surface area contributed by atoms with Crippen LogP contribution in [0, 0.1) is 0 Å². The Morgan fingerprint density at radius 1 is 1.37 bits per heavy atom. The van der Waals surface area contributed by atoms with Gasteiger partial charge < -0.3 is 4.42 Å². The summed E-state index contributed by atoms with van der Waals surface area (Å²) < 4.78 is 28.0. The van der Waals surface area contributed by atoms with Crippen molar-refractivity contribution in [1.29, 1.82) is 0 Å². The van der Waals surface area contributed by atoms with Crippen LogP contribution in [0.3, 0.4) is 0 Å². The van der Waals surface area contributed by atoms with E-state index < -0.39 is 20.0 Å². The zero-order chi connectivity index (χ0) is 14.3. The third kappa shape index (κ3) is 2.77. The van der Waals surface area contributed by atoms with E-state index in [1.807, 2.05) is 24.3 Å². The maximum absolute atomic E-state index is 11.7. The fraction of sp³-hybridized carbons (Fsp3) is 0.462. The monoisotopic (exact) mass is 301 g/mol. The van der Waals surface area contributed by atoms with Crippen molar-refractivity contribution in [2.24, 2.45) is 0 Å². The number of nitrogens with zero attached hydrogens (tertiary/aromatic N) is 1. The predicted octanol–water partition coefficient (Wildman–Crippen LogP) is 2.80. The summed E-state index contributed by atoms with van der Waals surface area (Å²) in [5, 5.41) is -0.601. The number of aromatic nitrogens is 1. The van der Waals surface area contributed by atoms with Gasteiger partial charge in [0.2, 0.25) is 0 Å². The lowest BCUT2D eigenvalue weighted by atomic mass is 10.1. The summed E-state index contributed by atoms with van der Waals surface area (Å²) in [5.74, 6) is 0.456. The summed E-state index contributed by atoms with van der Waals surface area (Å²) in [4.78, 5) is 4.30. The van der Waals surface area contributed by atoms with Gasteiger partial charge in [-0.1, -0.05) is 12.1 Å². The van der Waals surface area contributed by atoms with Crippen LogP contribution in [-0.4, -0.2) is 29.8 Å². The summed E-state index contributed by atoms with van der Waals surface area (Å²) in [6.45, 7) is 3.23. The van der Waals surface area contributed by atoms with E-state index in [9.17, 15) is 8.42 Å². The predicted molar refractivity (Wildman–Crippen MR) is 76.3 cm³/mol. The quantitative estimate of drug-likeness (QED) is 0.815. The standard InChI is InChI=1S/C13H16ClNO3S/c1-13(2,19(3,16)17)11(14)8-12-15-9-6-4-5-7-10(9)18-12/h4-7,11H,8H2,1-3H3. The molecule has 0 radical (unpaired) electrons. The lowest BCUT2D eigenvalue weighted by Crippen LogP contribution is -2.41. The first-order chi connectivity index (χ1) is 8.72. The van der Waals surface area contributed by atoms with Crippen LogP contribution in [0.5, 0.6) is 0 Å². The van der Waals surface area contributed by atoms with Crippen LogP contribution in [0.2, 0.25) is 0 Å². The normalized spacial score (nSPS) is 14.7. The minimum atomic E-state index is -3.25. The molecule has 0 aliphatic heterocycles. The van der Waals surface area contributed by atoms with E-state index in [2.05, 4.69) is 4.98 Å². The van der Waals surface area contributed by atoms with Gasteiger partial charge in [0.25, 0.3) is 0 Å². The van der Waals surface area contributed by atoms with E-state index in [0.29, 0.717) is 11.5 Å². The van der Waals surface area contributed by atoms with Gasteiger partial charge in [-0.2, -0.15) is 0 Å². The number of alkyl halides is 1. The number of para-hydroxylation sites is 2. The highest BCUT2D eigenvalue weighted by atomic mass is 35.5. The Morgan fingerprint density at radius 2 is 2.00 bits per heavy atom. The van der Waals surface area contributed by atoms with Gasteiger partial charge in [0.05, 0.1) is 10.1 Å². The number of fused-ring (bicyclic) bond motifs is 1. The maximum Gasteiger partial charge on any atom is 0.197 e. The Hall–Kier alpha value is -1.07. The Kier molecular flexibility index (Phi) is 3.62. The van der Waals surface area contributed by atoms with E-state index in [4.69, 9.17) is 16.0 Å². The number of hydrogen-bond donors (Lipinski definition) is 0. The van der Waals surface area contributed by atoms with Crippen molar-refractivity contribution in [1.82, 2.24) is 4.98 Å². The summed E-state index contributed by atoms with van der Waals surface area (Å²) in [5.41, 5.74) is 1.43. The van der Waals surface area contributed by atoms with Crippen LogP contribution in [0.1, 0.15) is 19.7 Å². The number of halogens is 1. The van der Waals surface area contributed by atoms with E-state index in [0.717, 1.165) is 5.52 Å². The molecule has 1 aromatic carbocycles. The first-order valence-corrected chi connectivity index (χ1v) is 8.23. The van der Waals surface area contributed by atoms with Crippen LogP contribution >= 0.6 is 11.6 Å². The molecular weight excluding hydrogens is 286 g/mol. The number of benzene rings is 1. The molecule has 0 aliphatic rings. The molecule has 2 rings (SSSR count). The highest BCUT2D eigenvalue weighted by Crippen LogP contribution is 2.28. The van der Waals surface area contributed by atoms with Crippen molar-refractivity contribution in [2.75, 3.05) is 6.26 Å². The summed E-state index contributed by atoms with van der Waals surface area (Å²) in [6, 6.07) is 7.38. The molecule has 6 heteroatoms. The van der Waals surface area contributed by atoms with Crippen LogP contribution in [0.15, 0.2) is 28.7 Å². The molecule has 1 atom stereocenters. The number of rotatable bonds is 4. The average Bonchev–Trinajstić information content (AvgIpc) is 2.69. The number of hydrogen-bond acceptors (Lipinski definition) is 4. The van der Waals surface area contributed by atoms with Gasteiger partial charge in [0.1, 0.15) is 5.52 Å². The van der Waals surface area contributed by atoms with Gasteiger partial charge >= 0.3 is 0 Å². The molecule has 0 fully saturated rings. The molecule has 4 nitrogen and oxygen atoms in total. The van der Waals surface area contributed by atoms with Crippen molar-refractivity contribution >= 4 is 32.5 Å². The van der Waals surface area contributed by atoms with Gasteiger partial charge in [-0.15, -0.1) is 11.6 Å². The molecule has 0 N–H and O–H groups in total. The molecule has 104 valence electrons. The maximum atomic E-state index is 11.7. The van der Waals surface area contributed by atoms with Gasteiger partial charge in [-0.25, -0.2) is 13.4 Å². The molecule has 0 saturated carbocycles. The minimum absolute atomic E-state index is 0.274. The fourth-order valence-corrected chi connectivity index (χ4v) is 2.80. The molecule has 0 amide bonds. The Morgan fingerprint density at radius 3 is 2.58 bits per heavy atom. The number of oxazole rings is 1. The van der Waals surface area contributed by atoms with Crippen molar-refractivity contribution in [3.05, 3.63) is 30.2 Å². The van der Waals surface area contributed by atoms with E-state index in [1.54, 1.807) is 13.8 Å². The largest absolute Gasteiger partial charge is 0.441 e. The van der Waals surface area contributed by atoms with Crippen molar-refractivity contribution < 1.29 is 12.8 Å². The average molecular weight is 302 g/mol. The van der Waals surface area contributed by atoms with Crippen LogP contribution in [-0.2, 0) is 16.3 Å². The zero-order valence-corrected chi connectivity index (χ0v) is 12.6. The third-order valence-electron chi connectivity index (χ3n) is 3.40. The Balaban J connectivity index is 2.26. The van der Waals surface area contributed by atoms with Crippen LogP contribution in [0.4, 0.5) is 0 Å². The van der Waals surface area contributed by atoms with Crippen LogP contribution < -0.4 is 0 Å². The molecule has 19 heavy (non-hydrogen) atoms. The third-order valence-corrected chi connectivity index (χ3v) is 6.43. The van der Waals surface area contributed by atoms with E-state index in [1.165, 1.54) is 6.26 Å². The van der Waals surface area contributed by atoms with Crippen molar-refractivity contribution in [2.45, 2.75) is 30.4 Å². The van der Waals surface area contributed by atoms with Gasteiger partial charge in [0, 0.05) is 12.7 Å². The zero-order valence-electron chi connectivity index (χ0n) is 11.1. The lowest BCUT2D eigenvalue weighted by Gasteiger charge is -2.27. The van der Waals surface area contributed by atoms with Crippen molar-refractivity contribution in [3.63, 3.8) is 0 Å². The van der Waals surface area contributed by atoms with Gasteiger partial charge in [-0.05, 0) is 26.0 Å². The Labute approximate surface area is 117 Å². The molecule has 2 aromatic rings. The molecule has 0 spiro atoms. The molecule has 0 saturated heterocycles. The second-order valence-corrected chi connectivity index (χ2v) is 8.25.